The highest BCUT2D eigenvalue weighted by Gasteiger charge is 2.29. The Kier molecular flexibility index (Phi) is 7.18. The van der Waals surface area contributed by atoms with E-state index in [0.29, 0.717) is 0 Å². The minimum absolute atomic E-state index is 0.136. The first-order valence-corrected chi connectivity index (χ1v) is 10.3. The molecule has 0 bridgehead atoms. The van der Waals surface area contributed by atoms with E-state index in [0.717, 1.165) is 16.7 Å². The molecule has 0 aliphatic carbocycles. The Balaban J connectivity index is 1.99. The molecule has 154 valence electrons. The molecule has 0 aliphatic rings. The van der Waals surface area contributed by atoms with E-state index >= 15 is 0 Å². The maximum atomic E-state index is 12.8. The summed E-state index contributed by atoms with van der Waals surface area (Å²) in [4.78, 5) is 17.7. The topological polar surface area (TPSA) is 38.7 Å². The SMILES string of the molecule is CC(C)(C)OC(=O)CC(c1ccccc1)C(N=Cc1ccccc1)c1ccccc1. The molecule has 0 aliphatic heterocycles. The fourth-order valence-corrected chi connectivity index (χ4v) is 3.45. The molecule has 0 saturated heterocycles. The number of aliphatic imine (C=N–C) groups is 1. The fraction of sp³-hybridized carbons (Fsp3) is 0.259. The highest BCUT2D eigenvalue weighted by Crippen LogP contribution is 2.37. The van der Waals surface area contributed by atoms with Crippen LogP contribution in [0.5, 0.6) is 0 Å². The number of hydrogen-bond donors (Lipinski definition) is 0. The van der Waals surface area contributed by atoms with Crippen LogP contribution in [0, 0.1) is 0 Å². The van der Waals surface area contributed by atoms with Gasteiger partial charge in [-0.25, -0.2) is 0 Å². The first kappa shape index (κ1) is 21.5. The third-order valence-electron chi connectivity index (χ3n) is 4.74. The van der Waals surface area contributed by atoms with Crippen LogP contribution < -0.4 is 0 Å². The van der Waals surface area contributed by atoms with Gasteiger partial charge >= 0.3 is 5.97 Å². The molecule has 0 fully saturated rings. The first-order valence-electron chi connectivity index (χ1n) is 10.3. The Morgan fingerprint density at radius 2 is 1.33 bits per heavy atom. The Labute approximate surface area is 179 Å². The van der Waals surface area contributed by atoms with Crippen molar-refractivity contribution in [1.29, 1.82) is 0 Å². The van der Waals surface area contributed by atoms with Gasteiger partial charge in [0, 0.05) is 12.1 Å². The molecule has 0 heterocycles. The van der Waals surface area contributed by atoms with Gasteiger partial charge in [0.2, 0.25) is 0 Å². The van der Waals surface area contributed by atoms with Gasteiger partial charge < -0.3 is 4.74 Å². The van der Waals surface area contributed by atoms with Gasteiger partial charge in [-0.15, -0.1) is 0 Å². The number of rotatable bonds is 7. The zero-order valence-corrected chi connectivity index (χ0v) is 17.9. The van der Waals surface area contributed by atoms with Crippen molar-refractivity contribution in [2.75, 3.05) is 0 Å². The Morgan fingerprint density at radius 3 is 1.87 bits per heavy atom. The quantitative estimate of drug-likeness (QED) is 0.342. The average Bonchev–Trinajstić information content (AvgIpc) is 2.74. The molecule has 3 aromatic rings. The number of carbonyl (C=O) groups excluding carboxylic acids is 1. The van der Waals surface area contributed by atoms with Crippen molar-refractivity contribution in [2.45, 2.75) is 44.8 Å². The summed E-state index contributed by atoms with van der Waals surface area (Å²) in [6.07, 6.45) is 2.15. The molecule has 0 N–H and O–H groups in total. The predicted octanol–water partition coefficient (Wildman–Crippen LogP) is 6.36. The lowest BCUT2D eigenvalue weighted by Crippen LogP contribution is -2.26. The molecule has 3 nitrogen and oxygen atoms in total. The van der Waals surface area contributed by atoms with E-state index < -0.39 is 5.60 Å². The van der Waals surface area contributed by atoms with Gasteiger partial charge in [0.05, 0.1) is 12.5 Å². The Hall–Kier alpha value is -3.20. The van der Waals surface area contributed by atoms with Crippen LogP contribution >= 0.6 is 0 Å². The smallest absolute Gasteiger partial charge is 0.307 e. The van der Waals surface area contributed by atoms with E-state index in [1.165, 1.54) is 0 Å². The molecule has 3 heteroatoms. The van der Waals surface area contributed by atoms with Gasteiger partial charge in [-0.1, -0.05) is 91.0 Å². The third kappa shape index (κ3) is 6.41. The molecule has 0 saturated carbocycles. The van der Waals surface area contributed by atoms with E-state index in [4.69, 9.17) is 9.73 Å². The molecule has 0 spiro atoms. The minimum Gasteiger partial charge on any atom is -0.460 e. The normalized spacial score (nSPS) is 13.7. The highest BCUT2D eigenvalue weighted by molar-refractivity contribution is 5.79. The van der Waals surface area contributed by atoms with Gasteiger partial charge in [0.1, 0.15) is 5.60 Å². The molecule has 2 unspecified atom stereocenters. The summed E-state index contributed by atoms with van der Waals surface area (Å²) in [7, 11) is 0. The summed E-state index contributed by atoms with van der Waals surface area (Å²) in [5, 5.41) is 0. The molecule has 3 rings (SSSR count). The van der Waals surface area contributed by atoms with Crippen molar-refractivity contribution in [2.24, 2.45) is 4.99 Å². The molecule has 0 amide bonds. The van der Waals surface area contributed by atoms with Gasteiger partial charge in [-0.3, -0.25) is 9.79 Å². The van der Waals surface area contributed by atoms with Crippen molar-refractivity contribution in [1.82, 2.24) is 0 Å². The lowest BCUT2D eigenvalue weighted by molar-refractivity contribution is -0.155. The largest absolute Gasteiger partial charge is 0.460 e. The number of hydrogen-bond acceptors (Lipinski definition) is 3. The molecular weight excluding hydrogens is 370 g/mol. The van der Waals surface area contributed by atoms with Crippen molar-refractivity contribution < 1.29 is 9.53 Å². The van der Waals surface area contributed by atoms with Crippen LogP contribution in [-0.4, -0.2) is 17.8 Å². The number of carbonyl (C=O) groups is 1. The molecule has 30 heavy (non-hydrogen) atoms. The minimum atomic E-state index is -0.520. The monoisotopic (exact) mass is 399 g/mol. The Bertz CT molecular complexity index is 944. The number of nitrogens with zero attached hydrogens (tertiary/aromatic N) is 1. The second kappa shape index (κ2) is 10.0. The van der Waals surface area contributed by atoms with Crippen LogP contribution in [0.25, 0.3) is 0 Å². The lowest BCUT2D eigenvalue weighted by Gasteiger charge is -2.27. The zero-order valence-electron chi connectivity index (χ0n) is 17.9. The van der Waals surface area contributed by atoms with Crippen molar-refractivity contribution >= 4 is 12.2 Å². The standard InChI is InChI=1S/C27H29NO2/c1-27(2,3)30-25(29)19-24(22-15-9-5-10-16-22)26(23-17-11-6-12-18-23)28-20-21-13-7-4-8-14-21/h4-18,20,24,26H,19H2,1-3H3. The van der Waals surface area contributed by atoms with Crippen molar-refractivity contribution in [3.05, 3.63) is 108 Å². The van der Waals surface area contributed by atoms with Gasteiger partial charge in [0.25, 0.3) is 0 Å². The second-order valence-corrected chi connectivity index (χ2v) is 8.35. The van der Waals surface area contributed by atoms with Crippen LogP contribution in [0.2, 0.25) is 0 Å². The van der Waals surface area contributed by atoms with Crippen LogP contribution in [0.15, 0.2) is 96.0 Å². The summed E-state index contributed by atoms with van der Waals surface area (Å²) in [5.74, 6) is -0.351. The number of esters is 1. The van der Waals surface area contributed by atoms with E-state index in [2.05, 4.69) is 24.3 Å². The summed E-state index contributed by atoms with van der Waals surface area (Å²) in [6.45, 7) is 5.68. The molecule has 0 aromatic heterocycles. The van der Waals surface area contributed by atoms with E-state index in [9.17, 15) is 4.79 Å². The summed E-state index contributed by atoms with van der Waals surface area (Å²) in [6, 6.07) is 30.1. The maximum Gasteiger partial charge on any atom is 0.307 e. The van der Waals surface area contributed by atoms with Gasteiger partial charge in [0.15, 0.2) is 0 Å². The maximum absolute atomic E-state index is 12.8. The molecule has 3 aromatic carbocycles. The Morgan fingerprint density at radius 1 is 0.833 bits per heavy atom. The van der Waals surface area contributed by atoms with Crippen molar-refractivity contribution in [3.63, 3.8) is 0 Å². The van der Waals surface area contributed by atoms with E-state index in [-0.39, 0.29) is 24.3 Å². The molecule has 2 atom stereocenters. The predicted molar refractivity (Wildman–Crippen MR) is 123 cm³/mol. The summed E-state index contributed by atoms with van der Waals surface area (Å²) < 4.78 is 5.65. The zero-order chi connectivity index (χ0) is 21.4. The lowest BCUT2D eigenvalue weighted by atomic mass is 9.85. The van der Waals surface area contributed by atoms with Crippen LogP contribution in [0.4, 0.5) is 0 Å². The third-order valence-corrected chi connectivity index (χ3v) is 4.74. The number of benzene rings is 3. The summed E-state index contributed by atoms with van der Waals surface area (Å²) >= 11 is 0. The van der Waals surface area contributed by atoms with E-state index in [1.54, 1.807) is 0 Å². The number of ether oxygens (including phenoxy) is 1. The van der Waals surface area contributed by atoms with Gasteiger partial charge in [-0.05, 0) is 37.5 Å². The van der Waals surface area contributed by atoms with Crippen LogP contribution in [0.3, 0.4) is 0 Å². The average molecular weight is 400 g/mol. The van der Waals surface area contributed by atoms with E-state index in [1.807, 2.05) is 93.7 Å². The molecular formula is C27H29NO2. The van der Waals surface area contributed by atoms with Crippen LogP contribution in [-0.2, 0) is 9.53 Å². The highest BCUT2D eigenvalue weighted by atomic mass is 16.6. The van der Waals surface area contributed by atoms with Crippen molar-refractivity contribution in [3.8, 4) is 0 Å². The molecule has 0 radical (unpaired) electrons. The van der Waals surface area contributed by atoms with Gasteiger partial charge in [-0.2, -0.15) is 0 Å². The second-order valence-electron chi connectivity index (χ2n) is 8.35. The first-order chi connectivity index (χ1) is 14.4. The van der Waals surface area contributed by atoms with Crippen LogP contribution in [0.1, 0.15) is 55.8 Å². The summed E-state index contributed by atoms with van der Waals surface area (Å²) in [5.41, 5.74) is 2.65. The fourth-order valence-electron chi connectivity index (χ4n) is 3.45.